The zero-order valence-electron chi connectivity index (χ0n) is 9.25. The Hall–Kier alpha value is -0.860. The van der Waals surface area contributed by atoms with Crippen molar-refractivity contribution in [3.63, 3.8) is 0 Å². The molecule has 3 nitrogen and oxygen atoms in total. The smallest absolute Gasteiger partial charge is 0.225 e. The highest BCUT2D eigenvalue weighted by Gasteiger charge is 2.25. The SMILES string of the molecule is CC(=O)C1CCN(C(=O)C(C)C)CC1. The van der Waals surface area contributed by atoms with E-state index in [4.69, 9.17) is 0 Å². The van der Waals surface area contributed by atoms with Crippen molar-refractivity contribution in [1.82, 2.24) is 4.90 Å². The van der Waals surface area contributed by atoms with Gasteiger partial charge in [-0.2, -0.15) is 0 Å². The minimum atomic E-state index is 0.0730. The van der Waals surface area contributed by atoms with Crippen LogP contribution in [0, 0.1) is 11.8 Å². The van der Waals surface area contributed by atoms with Gasteiger partial charge in [0, 0.05) is 24.9 Å². The van der Waals surface area contributed by atoms with E-state index in [0.29, 0.717) is 0 Å². The van der Waals surface area contributed by atoms with Crippen molar-refractivity contribution < 1.29 is 9.59 Å². The molecule has 0 spiro atoms. The molecule has 0 aromatic rings. The van der Waals surface area contributed by atoms with E-state index >= 15 is 0 Å². The molecule has 14 heavy (non-hydrogen) atoms. The maximum absolute atomic E-state index is 11.6. The number of carbonyl (C=O) groups excluding carboxylic acids is 2. The lowest BCUT2D eigenvalue weighted by Gasteiger charge is -2.32. The fourth-order valence-corrected chi connectivity index (χ4v) is 1.87. The summed E-state index contributed by atoms with van der Waals surface area (Å²) < 4.78 is 0. The fourth-order valence-electron chi connectivity index (χ4n) is 1.87. The van der Waals surface area contributed by atoms with Gasteiger partial charge in [0.1, 0.15) is 5.78 Å². The maximum Gasteiger partial charge on any atom is 0.225 e. The van der Waals surface area contributed by atoms with Crippen molar-refractivity contribution in [3.05, 3.63) is 0 Å². The first-order chi connectivity index (χ1) is 6.52. The quantitative estimate of drug-likeness (QED) is 0.672. The highest BCUT2D eigenvalue weighted by molar-refractivity contribution is 5.80. The average Bonchev–Trinajstić information content (AvgIpc) is 2.16. The summed E-state index contributed by atoms with van der Waals surface area (Å²) in [7, 11) is 0. The number of nitrogens with zero attached hydrogens (tertiary/aromatic N) is 1. The largest absolute Gasteiger partial charge is 0.342 e. The molecular formula is C11H19NO2. The number of amides is 1. The average molecular weight is 197 g/mol. The minimum Gasteiger partial charge on any atom is -0.342 e. The summed E-state index contributed by atoms with van der Waals surface area (Å²) in [5, 5.41) is 0. The van der Waals surface area contributed by atoms with Gasteiger partial charge in [0.05, 0.1) is 0 Å². The molecule has 0 aromatic heterocycles. The first-order valence-corrected chi connectivity index (χ1v) is 5.31. The van der Waals surface area contributed by atoms with E-state index in [1.165, 1.54) is 0 Å². The van der Waals surface area contributed by atoms with Gasteiger partial charge in [0.15, 0.2) is 0 Å². The van der Waals surface area contributed by atoms with Crippen LogP contribution in [-0.2, 0) is 9.59 Å². The molecule has 1 saturated heterocycles. The van der Waals surface area contributed by atoms with Crippen LogP contribution in [0.25, 0.3) is 0 Å². The summed E-state index contributed by atoms with van der Waals surface area (Å²) in [5.74, 6) is 0.740. The van der Waals surface area contributed by atoms with E-state index in [-0.39, 0.29) is 23.5 Å². The zero-order chi connectivity index (χ0) is 10.7. The lowest BCUT2D eigenvalue weighted by Crippen LogP contribution is -2.41. The van der Waals surface area contributed by atoms with Gasteiger partial charge in [-0.25, -0.2) is 0 Å². The lowest BCUT2D eigenvalue weighted by atomic mass is 9.93. The number of likely N-dealkylation sites (tertiary alicyclic amines) is 1. The number of hydrogen-bond acceptors (Lipinski definition) is 2. The molecule has 1 aliphatic heterocycles. The molecule has 1 rings (SSSR count). The molecule has 0 aromatic carbocycles. The van der Waals surface area contributed by atoms with Gasteiger partial charge in [0.2, 0.25) is 5.91 Å². The van der Waals surface area contributed by atoms with E-state index in [1.807, 2.05) is 18.7 Å². The normalized spacial score (nSPS) is 18.7. The number of piperidine rings is 1. The van der Waals surface area contributed by atoms with E-state index in [0.717, 1.165) is 25.9 Å². The van der Waals surface area contributed by atoms with Crippen molar-refractivity contribution in [2.45, 2.75) is 33.6 Å². The molecule has 1 aliphatic rings. The first-order valence-electron chi connectivity index (χ1n) is 5.31. The first kappa shape index (κ1) is 11.2. The second kappa shape index (κ2) is 4.58. The van der Waals surface area contributed by atoms with E-state index in [1.54, 1.807) is 6.92 Å². The van der Waals surface area contributed by atoms with Gasteiger partial charge in [0.25, 0.3) is 0 Å². The molecule has 0 saturated carbocycles. The van der Waals surface area contributed by atoms with Gasteiger partial charge >= 0.3 is 0 Å². The highest BCUT2D eigenvalue weighted by Crippen LogP contribution is 2.19. The molecule has 0 bridgehead atoms. The fraction of sp³-hybridized carbons (Fsp3) is 0.818. The topological polar surface area (TPSA) is 37.4 Å². The summed E-state index contributed by atoms with van der Waals surface area (Å²) in [6.45, 7) is 6.98. The number of rotatable bonds is 2. The second-order valence-corrected chi connectivity index (χ2v) is 4.36. The third-order valence-corrected chi connectivity index (χ3v) is 2.88. The number of hydrogen-bond donors (Lipinski definition) is 0. The van der Waals surface area contributed by atoms with Crippen LogP contribution in [0.4, 0.5) is 0 Å². The van der Waals surface area contributed by atoms with Crippen LogP contribution in [-0.4, -0.2) is 29.7 Å². The predicted molar refractivity (Wildman–Crippen MR) is 54.8 cm³/mol. The van der Waals surface area contributed by atoms with Gasteiger partial charge in [-0.1, -0.05) is 13.8 Å². The molecule has 0 atom stereocenters. The molecule has 1 heterocycles. The van der Waals surface area contributed by atoms with Crippen LogP contribution in [0.3, 0.4) is 0 Å². The van der Waals surface area contributed by atoms with Crippen LogP contribution >= 0.6 is 0 Å². The zero-order valence-corrected chi connectivity index (χ0v) is 9.25. The molecule has 0 unspecified atom stereocenters. The Morgan fingerprint density at radius 2 is 1.71 bits per heavy atom. The third kappa shape index (κ3) is 2.56. The summed E-state index contributed by atoms with van der Waals surface area (Å²) in [6, 6.07) is 0. The predicted octanol–water partition coefficient (Wildman–Crippen LogP) is 1.47. The minimum absolute atomic E-state index is 0.0730. The van der Waals surface area contributed by atoms with E-state index in [9.17, 15) is 9.59 Å². The molecule has 1 fully saturated rings. The monoisotopic (exact) mass is 197 g/mol. The summed E-state index contributed by atoms with van der Waals surface area (Å²) in [4.78, 5) is 24.6. The van der Waals surface area contributed by atoms with Crippen molar-refractivity contribution in [3.8, 4) is 0 Å². The van der Waals surface area contributed by atoms with E-state index < -0.39 is 0 Å². The van der Waals surface area contributed by atoms with Crippen LogP contribution < -0.4 is 0 Å². The van der Waals surface area contributed by atoms with Crippen LogP contribution in [0.15, 0.2) is 0 Å². The third-order valence-electron chi connectivity index (χ3n) is 2.88. The maximum atomic E-state index is 11.6. The van der Waals surface area contributed by atoms with Crippen molar-refractivity contribution >= 4 is 11.7 Å². The number of Topliss-reactive ketones (excluding diaryl/α,β-unsaturated/α-hetero) is 1. The molecule has 3 heteroatoms. The number of ketones is 1. The van der Waals surface area contributed by atoms with Gasteiger partial charge in [-0.05, 0) is 19.8 Å². The van der Waals surface area contributed by atoms with Crippen LogP contribution in [0.1, 0.15) is 33.6 Å². The molecule has 0 N–H and O–H groups in total. The van der Waals surface area contributed by atoms with Crippen molar-refractivity contribution in [1.29, 1.82) is 0 Å². The molecule has 1 amide bonds. The standard InChI is InChI=1S/C11H19NO2/c1-8(2)11(14)12-6-4-10(5-7-12)9(3)13/h8,10H,4-7H2,1-3H3. The van der Waals surface area contributed by atoms with Gasteiger partial charge in [-0.3, -0.25) is 9.59 Å². The van der Waals surface area contributed by atoms with Crippen LogP contribution in [0.5, 0.6) is 0 Å². The Morgan fingerprint density at radius 3 is 2.07 bits per heavy atom. The Kier molecular flexibility index (Phi) is 3.67. The summed E-state index contributed by atoms with van der Waals surface area (Å²) in [5.41, 5.74) is 0. The Balaban J connectivity index is 2.43. The van der Waals surface area contributed by atoms with Gasteiger partial charge < -0.3 is 4.90 Å². The lowest BCUT2D eigenvalue weighted by molar-refractivity contribution is -0.137. The highest BCUT2D eigenvalue weighted by atomic mass is 16.2. The molecular weight excluding hydrogens is 178 g/mol. The molecule has 0 aliphatic carbocycles. The number of carbonyl (C=O) groups is 2. The molecule has 0 radical (unpaired) electrons. The van der Waals surface area contributed by atoms with Crippen LogP contribution in [0.2, 0.25) is 0 Å². The summed E-state index contributed by atoms with van der Waals surface area (Å²) in [6.07, 6.45) is 1.68. The Labute approximate surface area is 85.5 Å². The van der Waals surface area contributed by atoms with Crippen molar-refractivity contribution in [2.75, 3.05) is 13.1 Å². The Bertz CT molecular complexity index is 227. The van der Waals surface area contributed by atoms with E-state index in [2.05, 4.69) is 0 Å². The van der Waals surface area contributed by atoms with Crippen molar-refractivity contribution in [2.24, 2.45) is 11.8 Å². The van der Waals surface area contributed by atoms with Gasteiger partial charge in [-0.15, -0.1) is 0 Å². The summed E-state index contributed by atoms with van der Waals surface area (Å²) >= 11 is 0. The Morgan fingerprint density at radius 1 is 1.21 bits per heavy atom. The molecule has 80 valence electrons. The second-order valence-electron chi connectivity index (χ2n) is 4.36.